The third-order valence-corrected chi connectivity index (χ3v) is 2.12. The van der Waals surface area contributed by atoms with E-state index in [1.807, 2.05) is 0 Å². The lowest BCUT2D eigenvalue weighted by atomic mass is 10.0. The summed E-state index contributed by atoms with van der Waals surface area (Å²) in [5, 5.41) is 8.98. The van der Waals surface area contributed by atoms with Crippen LogP contribution in [0, 0.1) is 0 Å². The topological polar surface area (TPSA) is 89.6 Å². The minimum absolute atomic E-state index is 0.0498. The molecule has 5 heteroatoms. The van der Waals surface area contributed by atoms with Crippen LogP contribution in [0.4, 0.5) is 5.69 Å². The molecule has 0 aliphatic carbocycles. The second kappa shape index (κ2) is 4.65. The van der Waals surface area contributed by atoms with Crippen LogP contribution in [0.15, 0.2) is 18.2 Å². The lowest BCUT2D eigenvalue weighted by molar-refractivity contribution is -0.145. The van der Waals surface area contributed by atoms with Crippen molar-refractivity contribution in [2.24, 2.45) is 0 Å². The molecule has 0 aromatic heterocycles. The zero-order valence-corrected chi connectivity index (χ0v) is 9.06. The first kappa shape index (κ1) is 12.0. The van der Waals surface area contributed by atoms with Crippen molar-refractivity contribution in [1.82, 2.24) is 0 Å². The van der Waals surface area contributed by atoms with Crippen molar-refractivity contribution in [3.8, 4) is 0 Å². The Kier molecular flexibility index (Phi) is 3.50. The quantitative estimate of drug-likeness (QED) is 0.600. The van der Waals surface area contributed by atoms with Gasteiger partial charge in [-0.2, -0.15) is 0 Å². The van der Waals surface area contributed by atoms with Crippen LogP contribution in [0.25, 0.3) is 0 Å². The number of hydrogen-bond acceptors (Lipinski definition) is 4. The van der Waals surface area contributed by atoms with Crippen LogP contribution in [0.1, 0.15) is 35.9 Å². The Balaban J connectivity index is 3.19. The Morgan fingerprint density at radius 1 is 1.44 bits per heavy atom. The van der Waals surface area contributed by atoms with E-state index in [0.29, 0.717) is 11.3 Å². The van der Waals surface area contributed by atoms with E-state index in [4.69, 9.17) is 15.6 Å². The van der Waals surface area contributed by atoms with Gasteiger partial charge in [0.15, 0.2) is 0 Å². The maximum absolute atomic E-state index is 11.0. The molecule has 86 valence electrons. The average Bonchev–Trinajstić information content (AvgIpc) is 2.15. The van der Waals surface area contributed by atoms with Gasteiger partial charge in [-0.25, -0.2) is 4.79 Å². The van der Waals surface area contributed by atoms with Crippen molar-refractivity contribution in [1.29, 1.82) is 0 Å². The smallest absolute Gasteiger partial charge is 0.336 e. The molecule has 0 bridgehead atoms. The molecule has 0 spiro atoms. The highest BCUT2D eigenvalue weighted by molar-refractivity contribution is 5.91. The van der Waals surface area contributed by atoms with Crippen LogP contribution < -0.4 is 5.73 Å². The van der Waals surface area contributed by atoms with Gasteiger partial charge in [-0.1, -0.05) is 6.07 Å². The Morgan fingerprint density at radius 3 is 2.56 bits per heavy atom. The highest BCUT2D eigenvalue weighted by atomic mass is 16.5. The summed E-state index contributed by atoms with van der Waals surface area (Å²) in [5.41, 5.74) is 6.35. The Labute approximate surface area is 92.8 Å². The molecule has 0 fully saturated rings. The molecule has 1 rings (SSSR count). The van der Waals surface area contributed by atoms with Crippen LogP contribution in [0.2, 0.25) is 0 Å². The number of nitrogens with two attached hydrogens (primary N) is 1. The fraction of sp³-hybridized carbons (Fsp3) is 0.273. The molecule has 16 heavy (non-hydrogen) atoms. The standard InChI is InChI=1S/C11H13NO4/c1-6(16-7(2)13)10-8(11(14)15)4-3-5-9(10)12/h3-6H,12H2,1-2H3,(H,14,15). The molecule has 1 atom stereocenters. The summed E-state index contributed by atoms with van der Waals surface area (Å²) in [6.07, 6.45) is -0.676. The van der Waals surface area contributed by atoms with E-state index in [1.165, 1.54) is 13.0 Å². The highest BCUT2D eigenvalue weighted by Crippen LogP contribution is 2.27. The first-order valence-electron chi connectivity index (χ1n) is 4.72. The third kappa shape index (κ3) is 2.50. The predicted molar refractivity (Wildman–Crippen MR) is 58.0 cm³/mol. The monoisotopic (exact) mass is 223 g/mol. The average molecular weight is 223 g/mol. The second-order valence-corrected chi connectivity index (χ2v) is 3.37. The van der Waals surface area contributed by atoms with E-state index in [0.717, 1.165) is 0 Å². The van der Waals surface area contributed by atoms with Crippen LogP contribution in [-0.4, -0.2) is 17.0 Å². The maximum Gasteiger partial charge on any atom is 0.336 e. The molecule has 0 heterocycles. The van der Waals surface area contributed by atoms with Crippen LogP contribution in [0.3, 0.4) is 0 Å². The zero-order chi connectivity index (χ0) is 12.3. The summed E-state index contributed by atoms with van der Waals surface area (Å²) in [4.78, 5) is 21.8. The summed E-state index contributed by atoms with van der Waals surface area (Å²) >= 11 is 0. The second-order valence-electron chi connectivity index (χ2n) is 3.37. The van der Waals surface area contributed by atoms with Gasteiger partial charge in [-0.05, 0) is 19.1 Å². The van der Waals surface area contributed by atoms with Gasteiger partial charge in [-0.15, -0.1) is 0 Å². The zero-order valence-electron chi connectivity index (χ0n) is 9.06. The number of carboxylic acid groups (broad SMARTS) is 1. The minimum Gasteiger partial charge on any atom is -0.478 e. The van der Waals surface area contributed by atoms with E-state index in [2.05, 4.69) is 0 Å². The van der Waals surface area contributed by atoms with E-state index < -0.39 is 18.0 Å². The molecule has 0 saturated carbocycles. The lowest BCUT2D eigenvalue weighted by Crippen LogP contribution is -2.12. The molecule has 5 nitrogen and oxygen atoms in total. The lowest BCUT2D eigenvalue weighted by Gasteiger charge is -2.16. The van der Waals surface area contributed by atoms with E-state index in [-0.39, 0.29) is 5.56 Å². The molecule has 3 N–H and O–H groups in total. The van der Waals surface area contributed by atoms with Gasteiger partial charge in [0.1, 0.15) is 6.10 Å². The maximum atomic E-state index is 11.0. The molecule has 1 unspecified atom stereocenters. The van der Waals surface area contributed by atoms with E-state index >= 15 is 0 Å². The number of benzene rings is 1. The van der Waals surface area contributed by atoms with E-state index in [9.17, 15) is 9.59 Å². The number of anilines is 1. The van der Waals surface area contributed by atoms with Gasteiger partial charge in [0.2, 0.25) is 0 Å². The third-order valence-electron chi connectivity index (χ3n) is 2.12. The number of hydrogen-bond donors (Lipinski definition) is 2. The first-order chi connectivity index (χ1) is 7.43. The number of aromatic carboxylic acids is 1. The first-order valence-corrected chi connectivity index (χ1v) is 4.72. The Hall–Kier alpha value is -2.04. The number of nitrogen functional groups attached to an aromatic ring is 1. The Bertz CT molecular complexity index is 428. The van der Waals surface area contributed by atoms with Crippen LogP contribution in [-0.2, 0) is 9.53 Å². The molecule has 0 amide bonds. The summed E-state index contributed by atoms with van der Waals surface area (Å²) in [5.74, 6) is -1.58. The van der Waals surface area contributed by atoms with Crippen molar-refractivity contribution in [3.63, 3.8) is 0 Å². The molecule has 0 aliphatic heterocycles. The highest BCUT2D eigenvalue weighted by Gasteiger charge is 2.20. The minimum atomic E-state index is -1.10. The van der Waals surface area contributed by atoms with Crippen molar-refractivity contribution >= 4 is 17.6 Å². The fourth-order valence-electron chi connectivity index (χ4n) is 1.53. The molecular weight excluding hydrogens is 210 g/mol. The molecular formula is C11H13NO4. The van der Waals surface area contributed by atoms with Crippen molar-refractivity contribution in [2.45, 2.75) is 20.0 Å². The number of esters is 1. The molecule has 1 aromatic carbocycles. The number of ether oxygens (including phenoxy) is 1. The van der Waals surface area contributed by atoms with Crippen molar-refractivity contribution in [3.05, 3.63) is 29.3 Å². The van der Waals surface area contributed by atoms with Crippen LogP contribution in [0.5, 0.6) is 0 Å². The fourth-order valence-corrected chi connectivity index (χ4v) is 1.53. The normalized spacial score (nSPS) is 11.9. The molecule has 0 radical (unpaired) electrons. The summed E-state index contributed by atoms with van der Waals surface area (Å²) < 4.78 is 4.93. The van der Waals surface area contributed by atoms with Gasteiger partial charge in [0, 0.05) is 18.2 Å². The molecule has 0 saturated heterocycles. The SMILES string of the molecule is CC(=O)OC(C)c1c(N)cccc1C(=O)O. The number of rotatable bonds is 3. The van der Waals surface area contributed by atoms with Gasteiger partial charge in [0.05, 0.1) is 5.56 Å². The van der Waals surface area contributed by atoms with E-state index in [1.54, 1.807) is 19.1 Å². The predicted octanol–water partition coefficient (Wildman–Crippen LogP) is 1.59. The summed E-state index contributed by atoms with van der Waals surface area (Å²) in [7, 11) is 0. The van der Waals surface area contributed by atoms with Crippen molar-refractivity contribution < 1.29 is 19.4 Å². The van der Waals surface area contributed by atoms with Crippen molar-refractivity contribution in [2.75, 3.05) is 5.73 Å². The van der Waals surface area contributed by atoms with Gasteiger partial charge >= 0.3 is 11.9 Å². The molecule has 0 aliphatic rings. The van der Waals surface area contributed by atoms with Crippen LogP contribution >= 0.6 is 0 Å². The number of carbonyl (C=O) groups excluding carboxylic acids is 1. The van der Waals surface area contributed by atoms with Gasteiger partial charge < -0.3 is 15.6 Å². The molecule has 1 aromatic rings. The number of carboxylic acids is 1. The van der Waals surface area contributed by atoms with Gasteiger partial charge in [-0.3, -0.25) is 4.79 Å². The number of carbonyl (C=O) groups is 2. The van der Waals surface area contributed by atoms with Gasteiger partial charge in [0.25, 0.3) is 0 Å². The largest absolute Gasteiger partial charge is 0.478 e. The summed E-state index contributed by atoms with van der Waals surface area (Å²) in [6, 6.07) is 4.54. The Morgan fingerprint density at radius 2 is 2.06 bits per heavy atom. The summed E-state index contributed by atoms with van der Waals surface area (Å²) in [6.45, 7) is 2.84.